The summed E-state index contributed by atoms with van der Waals surface area (Å²) in [6, 6.07) is 1.79. The molecule has 0 aliphatic rings. The van der Waals surface area contributed by atoms with E-state index in [1.165, 1.54) is 17.6 Å². The third-order valence-corrected chi connectivity index (χ3v) is 5.01. The second-order valence-electron chi connectivity index (χ2n) is 5.62. The van der Waals surface area contributed by atoms with E-state index in [0.717, 1.165) is 15.4 Å². The molecule has 1 amide bonds. The van der Waals surface area contributed by atoms with Gasteiger partial charge in [0.15, 0.2) is 5.65 Å². The lowest BCUT2D eigenvalue weighted by atomic mass is 10.2. The van der Waals surface area contributed by atoms with Crippen molar-refractivity contribution in [2.75, 3.05) is 0 Å². The van der Waals surface area contributed by atoms with Gasteiger partial charge in [-0.15, -0.1) is 21.5 Å². The van der Waals surface area contributed by atoms with Crippen molar-refractivity contribution in [3.05, 3.63) is 46.9 Å². The summed E-state index contributed by atoms with van der Waals surface area (Å²) >= 11 is 1.46. The first kappa shape index (κ1) is 16.1. The number of carbonyl (C=O) groups is 1. The second kappa shape index (κ2) is 6.52. The lowest BCUT2D eigenvalue weighted by Crippen LogP contribution is -2.26. The first-order valence-electron chi connectivity index (χ1n) is 7.74. The molecular weight excluding hydrogens is 354 g/mol. The van der Waals surface area contributed by atoms with Gasteiger partial charge < -0.3 is 19.9 Å². The Kier molecular flexibility index (Phi) is 4.05. The summed E-state index contributed by atoms with van der Waals surface area (Å²) in [6.45, 7) is 0.881. The van der Waals surface area contributed by atoms with Crippen LogP contribution in [0, 0.1) is 5.41 Å². The van der Waals surface area contributed by atoms with E-state index in [1.807, 2.05) is 4.57 Å². The zero-order valence-electron chi connectivity index (χ0n) is 13.8. The van der Waals surface area contributed by atoms with E-state index < -0.39 is 0 Å². The first-order chi connectivity index (χ1) is 12.7. The van der Waals surface area contributed by atoms with Crippen molar-refractivity contribution in [3.8, 4) is 0 Å². The van der Waals surface area contributed by atoms with Crippen molar-refractivity contribution in [2.45, 2.75) is 13.1 Å². The molecule has 0 spiro atoms. The van der Waals surface area contributed by atoms with Crippen LogP contribution in [0.4, 0.5) is 0 Å². The van der Waals surface area contributed by atoms with Crippen molar-refractivity contribution in [3.63, 3.8) is 0 Å². The summed E-state index contributed by atoms with van der Waals surface area (Å²) in [5, 5.41) is 25.7. The number of aryl methyl sites for hydroxylation is 1. The van der Waals surface area contributed by atoms with E-state index in [-0.39, 0.29) is 5.91 Å². The number of aromatic amines is 1. The lowest BCUT2D eigenvalue weighted by Gasteiger charge is -2.06. The van der Waals surface area contributed by atoms with E-state index in [1.54, 1.807) is 36.5 Å². The molecule has 4 aromatic heterocycles. The van der Waals surface area contributed by atoms with Crippen LogP contribution in [0.3, 0.4) is 0 Å². The van der Waals surface area contributed by atoms with Gasteiger partial charge in [0.25, 0.3) is 5.91 Å². The van der Waals surface area contributed by atoms with Crippen LogP contribution in [0.5, 0.6) is 0 Å². The Morgan fingerprint density at radius 1 is 1.42 bits per heavy atom. The minimum absolute atomic E-state index is 0.258. The van der Waals surface area contributed by atoms with Gasteiger partial charge in [-0.2, -0.15) is 5.10 Å². The van der Waals surface area contributed by atoms with Gasteiger partial charge in [-0.25, -0.2) is 4.98 Å². The molecule has 26 heavy (non-hydrogen) atoms. The molecule has 0 fully saturated rings. The van der Waals surface area contributed by atoms with E-state index in [0.29, 0.717) is 30.0 Å². The fraction of sp³-hybridized carbons (Fsp3) is 0.200. The number of rotatable bonds is 6. The monoisotopic (exact) mass is 369 g/mol. The predicted molar refractivity (Wildman–Crippen MR) is 95.4 cm³/mol. The molecular formula is C15H15N9OS. The van der Waals surface area contributed by atoms with Crippen LogP contribution in [-0.4, -0.2) is 46.6 Å². The number of hydrogen-bond acceptors (Lipinski definition) is 7. The summed E-state index contributed by atoms with van der Waals surface area (Å²) in [7, 11) is 1.78. The Balaban J connectivity index is 1.64. The smallest absolute Gasteiger partial charge is 0.269 e. The largest absolute Gasteiger partial charge is 0.345 e. The van der Waals surface area contributed by atoms with E-state index in [4.69, 9.17) is 5.41 Å². The topological polar surface area (TPSA) is 130 Å². The predicted octanol–water partition coefficient (Wildman–Crippen LogP) is 0.925. The van der Waals surface area contributed by atoms with Crippen LogP contribution < -0.4 is 5.32 Å². The maximum atomic E-state index is 12.6. The van der Waals surface area contributed by atoms with Crippen LogP contribution in [0.2, 0.25) is 0 Å². The highest BCUT2D eigenvalue weighted by molar-refractivity contribution is 7.19. The van der Waals surface area contributed by atoms with Gasteiger partial charge >= 0.3 is 0 Å². The van der Waals surface area contributed by atoms with Gasteiger partial charge in [0.05, 0.1) is 23.5 Å². The molecule has 3 N–H and O–H groups in total. The molecule has 0 radical (unpaired) electrons. The molecule has 10 nitrogen and oxygen atoms in total. The number of fused-ring (bicyclic) bond motifs is 1. The van der Waals surface area contributed by atoms with Gasteiger partial charge in [0, 0.05) is 25.0 Å². The third-order valence-electron chi connectivity index (χ3n) is 3.95. The van der Waals surface area contributed by atoms with E-state index in [2.05, 4.69) is 30.7 Å². The Morgan fingerprint density at radius 2 is 2.23 bits per heavy atom. The summed E-state index contributed by atoms with van der Waals surface area (Å²) in [5.41, 5.74) is 2.48. The molecule has 0 atom stereocenters. The Bertz CT molecular complexity index is 1060. The SMILES string of the molecule is Cn1c(C(=O)NCc2ccn[nH]2)c(C=N)c2sc(Cn3cnnc3)nc21. The molecule has 4 aromatic rings. The molecule has 0 aromatic carbocycles. The highest BCUT2D eigenvalue weighted by Gasteiger charge is 2.23. The number of carbonyl (C=O) groups excluding carboxylic acids is 1. The van der Waals surface area contributed by atoms with Crippen LogP contribution in [0.25, 0.3) is 10.3 Å². The maximum absolute atomic E-state index is 12.6. The van der Waals surface area contributed by atoms with Gasteiger partial charge in [0.1, 0.15) is 23.4 Å². The number of H-pyrrole nitrogens is 1. The Labute approximate surface area is 151 Å². The highest BCUT2D eigenvalue weighted by atomic mass is 32.1. The molecule has 0 saturated heterocycles. The minimum atomic E-state index is -0.258. The number of thiazole rings is 1. The van der Waals surface area contributed by atoms with Crippen LogP contribution in [-0.2, 0) is 20.1 Å². The molecule has 4 rings (SSSR count). The summed E-state index contributed by atoms with van der Waals surface area (Å²) in [4.78, 5) is 17.3. The Hall–Kier alpha value is -3.34. The highest BCUT2D eigenvalue weighted by Crippen LogP contribution is 2.30. The normalized spacial score (nSPS) is 11.1. The quantitative estimate of drug-likeness (QED) is 0.435. The fourth-order valence-corrected chi connectivity index (χ4v) is 3.85. The van der Waals surface area contributed by atoms with Gasteiger partial charge in [-0.05, 0) is 6.07 Å². The van der Waals surface area contributed by atoms with Crippen molar-refractivity contribution in [1.29, 1.82) is 5.41 Å². The average molecular weight is 369 g/mol. The molecule has 0 unspecified atom stereocenters. The van der Waals surface area contributed by atoms with Crippen molar-refractivity contribution >= 4 is 33.8 Å². The zero-order chi connectivity index (χ0) is 18.1. The molecule has 0 bridgehead atoms. The molecule has 0 saturated carbocycles. The first-order valence-corrected chi connectivity index (χ1v) is 8.56. The fourth-order valence-electron chi connectivity index (χ4n) is 2.73. The average Bonchev–Trinajstić information content (AvgIpc) is 3.40. The van der Waals surface area contributed by atoms with Crippen LogP contribution in [0.1, 0.15) is 26.8 Å². The van der Waals surface area contributed by atoms with Gasteiger partial charge in [0.2, 0.25) is 0 Å². The van der Waals surface area contributed by atoms with E-state index >= 15 is 0 Å². The van der Waals surface area contributed by atoms with Crippen molar-refractivity contribution in [1.82, 2.24) is 39.8 Å². The maximum Gasteiger partial charge on any atom is 0.269 e. The van der Waals surface area contributed by atoms with Crippen molar-refractivity contribution < 1.29 is 4.79 Å². The van der Waals surface area contributed by atoms with Crippen LogP contribution in [0.15, 0.2) is 24.9 Å². The van der Waals surface area contributed by atoms with Crippen molar-refractivity contribution in [2.24, 2.45) is 7.05 Å². The molecule has 0 aliphatic carbocycles. The second-order valence-corrected chi connectivity index (χ2v) is 6.71. The number of nitrogens with one attached hydrogen (secondary N) is 3. The zero-order valence-corrected chi connectivity index (χ0v) is 14.6. The standard InChI is InChI=1S/C15H15N9OS/c1-23-12(15(25)17-5-9-2-3-18-22-9)10(4-16)13-14(23)21-11(26-13)6-24-7-19-20-8-24/h2-4,7-8,16H,5-6H2,1H3,(H,17,25)(H,18,22). The summed E-state index contributed by atoms with van der Waals surface area (Å²) in [5.74, 6) is -0.258. The Morgan fingerprint density at radius 3 is 2.92 bits per heavy atom. The summed E-state index contributed by atoms with van der Waals surface area (Å²) in [6.07, 6.45) is 6.08. The van der Waals surface area contributed by atoms with Crippen LogP contribution >= 0.6 is 11.3 Å². The number of aromatic nitrogens is 7. The number of nitrogens with zero attached hydrogens (tertiary/aromatic N) is 6. The molecule has 132 valence electrons. The minimum Gasteiger partial charge on any atom is -0.345 e. The van der Waals surface area contributed by atoms with E-state index in [9.17, 15) is 4.79 Å². The third kappa shape index (κ3) is 2.77. The van der Waals surface area contributed by atoms with Gasteiger partial charge in [-0.3, -0.25) is 9.89 Å². The number of hydrogen-bond donors (Lipinski definition) is 3. The number of amides is 1. The van der Waals surface area contributed by atoms with Gasteiger partial charge in [-0.1, -0.05) is 0 Å². The molecule has 11 heteroatoms. The summed E-state index contributed by atoms with van der Waals surface area (Å²) < 4.78 is 4.36. The molecule has 0 aliphatic heterocycles. The molecule has 4 heterocycles. The lowest BCUT2D eigenvalue weighted by molar-refractivity contribution is 0.0942.